The topological polar surface area (TPSA) is 40.5 Å². The van der Waals surface area contributed by atoms with Crippen molar-refractivity contribution in [2.24, 2.45) is 0 Å². The first kappa shape index (κ1) is 16.5. The summed E-state index contributed by atoms with van der Waals surface area (Å²) in [5.74, 6) is 1.68. The van der Waals surface area contributed by atoms with Crippen molar-refractivity contribution >= 4 is 29.3 Å². The first-order valence-corrected chi connectivity index (χ1v) is 9.02. The van der Waals surface area contributed by atoms with Crippen LogP contribution >= 0.6 is 23.4 Å². The SMILES string of the molecule is CCc1cc(C2SCC(=O)N2CCCCl)cc(CC)c1O. The van der Waals surface area contributed by atoms with Gasteiger partial charge in [0.05, 0.1) is 5.75 Å². The molecule has 0 saturated carbocycles. The molecule has 1 amide bonds. The molecule has 0 bridgehead atoms. The van der Waals surface area contributed by atoms with Crippen molar-refractivity contribution in [3.8, 4) is 5.75 Å². The number of carbonyl (C=O) groups is 1. The highest BCUT2D eigenvalue weighted by Gasteiger charge is 2.32. The molecule has 0 aromatic heterocycles. The van der Waals surface area contributed by atoms with Gasteiger partial charge < -0.3 is 10.0 Å². The Morgan fingerprint density at radius 3 is 2.48 bits per heavy atom. The quantitative estimate of drug-likeness (QED) is 0.809. The number of thioether (sulfide) groups is 1. The van der Waals surface area contributed by atoms with Gasteiger partial charge in [-0.2, -0.15) is 0 Å². The minimum atomic E-state index is 0.0527. The smallest absolute Gasteiger partial charge is 0.233 e. The molecule has 5 heteroatoms. The molecule has 21 heavy (non-hydrogen) atoms. The fourth-order valence-corrected chi connectivity index (χ4v) is 3.99. The Kier molecular flexibility index (Phi) is 5.82. The maximum atomic E-state index is 12.1. The van der Waals surface area contributed by atoms with Crippen molar-refractivity contribution in [3.63, 3.8) is 0 Å². The minimum absolute atomic E-state index is 0.0527. The van der Waals surface area contributed by atoms with Crippen LogP contribution in [0.15, 0.2) is 12.1 Å². The van der Waals surface area contributed by atoms with Crippen LogP contribution in [0.3, 0.4) is 0 Å². The largest absolute Gasteiger partial charge is 0.507 e. The third-order valence-electron chi connectivity index (χ3n) is 3.84. The summed E-state index contributed by atoms with van der Waals surface area (Å²) in [5, 5.41) is 10.3. The number of amides is 1. The zero-order chi connectivity index (χ0) is 15.4. The van der Waals surface area contributed by atoms with Gasteiger partial charge in [-0.05, 0) is 48.1 Å². The Hall–Kier alpha value is -0.870. The predicted octanol–water partition coefficient (Wildman–Crippen LogP) is 3.72. The number of aromatic hydroxyl groups is 1. The number of phenols is 1. The lowest BCUT2D eigenvalue weighted by Gasteiger charge is -2.25. The molecule has 116 valence electrons. The van der Waals surface area contributed by atoms with Gasteiger partial charge in [0.25, 0.3) is 0 Å². The molecule has 1 aromatic rings. The lowest BCUT2D eigenvalue weighted by atomic mass is 10.00. The van der Waals surface area contributed by atoms with Crippen LogP contribution < -0.4 is 0 Å². The van der Waals surface area contributed by atoms with Crippen LogP contribution in [-0.4, -0.2) is 34.1 Å². The number of phenolic OH excluding ortho intramolecular Hbond substituents is 1. The van der Waals surface area contributed by atoms with Gasteiger partial charge in [-0.25, -0.2) is 0 Å². The van der Waals surface area contributed by atoms with Gasteiger partial charge in [0.15, 0.2) is 0 Å². The van der Waals surface area contributed by atoms with E-state index in [0.717, 1.165) is 36.0 Å². The second-order valence-electron chi connectivity index (χ2n) is 5.19. The van der Waals surface area contributed by atoms with Crippen molar-refractivity contribution < 1.29 is 9.90 Å². The molecule has 0 aliphatic carbocycles. The molecule has 1 atom stereocenters. The lowest BCUT2D eigenvalue weighted by molar-refractivity contribution is -0.128. The van der Waals surface area contributed by atoms with E-state index in [1.54, 1.807) is 11.8 Å². The maximum Gasteiger partial charge on any atom is 0.233 e. The second kappa shape index (κ2) is 7.41. The molecule has 1 unspecified atom stereocenters. The van der Waals surface area contributed by atoms with Crippen molar-refractivity contribution in [3.05, 3.63) is 28.8 Å². The van der Waals surface area contributed by atoms with Crippen molar-refractivity contribution in [1.82, 2.24) is 4.90 Å². The molecule has 1 fully saturated rings. The Morgan fingerprint density at radius 2 is 1.95 bits per heavy atom. The molecular weight excluding hydrogens is 306 g/mol. The minimum Gasteiger partial charge on any atom is -0.507 e. The van der Waals surface area contributed by atoms with Crippen molar-refractivity contribution in [1.29, 1.82) is 0 Å². The Balaban J connectivity index is 2.33. The first-order valence-electron chi connectivity index (χ1n) is 7.44. The Labute approximate surface area is 135 Å². The normalized spacial score (nSPS) is 18.5. The maximum absolute atomic E-state index is 12.1. The van der Waals surface area contributed by atoms with Crippen LogP contribution in [0.2, 0.25) is 0 Å². The average molecular weight is 328 g/mol. The number of nitrogens with zero attached hydrogens (tertiary/aromatic N) is 1. The number of benzene rings is 1. The zero-order valence-corrected chi connectivity index (χ0v) is 14.1. The van der Waals surface area contributed by atoms with Gasteiger partial charge in [0, 0.05) is 12.4 Å². The molecule has 2 rings (SSSR count). The highest BCUT2D eigenvalue weighted by Crippen LogP contribution is 2.41. The molecule has 0 radical (unpaired) electrons. The second-order valence-corrected chi connectivity index (χ2v) is 6.63. The molecule has 1 N–H and O–H groups in total. The number of hydrogen-bond donors (Lipinski definition) is 1. The van der Waals surface area contributed by atoms with Gasteiger partial charge >= 0.3 is 0 Å². The van der Waals surface area contributed by atoms with Crippen LogP contribution in [0.4, 0.5) is 0 Å². The molecule has 3 nitrogen and oxygen atoms in total. The van der Waals surface area contributed by atoms with Crippen LogP contribution in [0.25, 0.3) is 0 Å². The molecule has 1 aliphatic rings. The fraction of sp³-hybridized carbons (Fsp3) is 0.562. The number of aryl methyl sites for hydroxylation is 2. The van der Waals surface area contributed by atoms with E-state index < -0.39 is 0 Å². The summed E-state index contributed by atoms with van der Waals surface area (Å²) >= 11 is 7.42. The van der Waals surface area contributed by atoms with Crippen LogP contribution in [-0.2, 0) is 17.6 Å². The number of rotatable bonds is 6. The lowest BCUT2D eigenvalue weighted by Crippen LogP contribution is -2.29. The van der Waals surface area contributed by atoms with Gasteiger partial charge in [0.2, 0.25) is 5.91 Å². The van der Waals surface area contributed by atoms with Crippen LogP contribution in [0.1, 0.15) is 42.3 Å². The predicted molar refractivity (Wildman–Crippen MR) is 89.1 cm³/mol. The van der Waals surface area contributed by atoms with Crippen molar-refractivity contribution in [2.75, 3.05) is 18.2 Å². The highest BCUT2D eigenvalue weighted by atomic mass is 35.5. The fourth-order valence-electron chi connectivity index (χ4n) is 2.67. The Bertz CT molecular complexity index is 496. The molecular formula is C16H22ClNO2S. The van der Waals surface area contributed by atoms with E-state index in [1.165, 1.54) is 0 Å². The standard InChI is InChI=1S/C16H22ClNO2S/c1-3-11-8-13(9-12(4-2)15(11)20)16-18(7-5-6-17)14(19)10-21-16/h8-9,16,20H,3-7,10H2,1-2H3. The van der Waals surface area contributed by atoms with Crippen LogP contribution in [0.5, 0.6) is 5.75 Å². The van der Waals surface area contributed by atoms with E-state index in [2.05, 4.69) is 0 Å². The van der Waals surface area contributed by atoms with E-state index in [4.69, 9.17) is 11.6 Å². The monoisotopic (exact) mass is 327 g/mol. The molecule has 1 heterocycles. The summed E-state index contributed by atoms with van der Waals surface area (Å²) < 4.78 is 0. The summed E-state index contributed by atoms with van der Waals surface area (Å²) in [6, 6.07) is 4.08. The van der Waals surface area contributed by atoms with E-state index in [1.807, 2.05) is 30.9 Å². The third kappa shape index (κ3) is 3.49. The number of hydrogen-bond acceptors (Lipinski definition) is 3. The number of halogens is 1. The van der Waals surface area contributed by atoms with E-state index in [-0.39, 0.29) is 11.3 Å². The third-order valence-corrected chi connectivity index (χ3v) is 5.36. The van der Waals surface area contributed by atoms with Gasteiger partial charge in [-0.3, -0.25) is 4.79 Å². The van der Waals surface area contributed by atoms with E-state index in [9.17, 15) is 9.90 Å². The summed E-state index contributed by atoms with van der Waals surface area (Å²) in [6.07, 6.45) is 2.39. The molecule has 1 aliphatic heterocycles. The Morgan fingerprint density at radius 1 is 1.33 bits per heavy atom. The number of carbonyl (C=O) groups excluding carboxylic acids is 1. The summed E-state index contributed by atoms with van der Waals surface area (Å²) in [6.45, 7) is 4.77. The van der Waals surface area contributed by atoms with Crippen molar-refractivity contribution in [2.45, 2.75) is 38.5 Å². The summed E-state index contributed by atoms with van der Waals surface area (Å²) in [4.78, 5) is 14.0. The van der Waals surface area contributed by atoms with Gasteiger partial charge in [0.1, 0.15) is 11.1 Å². The highest BCUT2D eigenvalue weighted by molar-refractivity contribution is 8.00. The zero-order valence-electron chi connectivity index (χ0n) is 12.6. The van der Waals surface area contributed by atoms with E-state index >= 15 is 0 Å². The average Bonchev–Trinajstić information content (AvgIpc) is 2.86. The molecule has 1 aromatic carbocycles. The summed E-state index contributed by atoms with van der Waals surface area (Å²) in [7, 11) is 0. The van der Waals surface area contributed by atoms with E-state index in [0.29, 0.717) is 23.9 Å². The first-order chi connectivity index (χ1) is 10.1. The van der Waals surface area contributed by atoms with Gasteiger partial charge in [-0.15, -0.1) is 23.4 Å². The summed E-state index contributed by atoms with van der Waals surface area (Å²) in [5.41, 5.74) is 3.04. The van der Waals surface area contributed by atoms with Gasteiger partial charge in [-0.1, -0.05) is 13.8 Å². The number of alkyl halides is 1. The molecule has 0 spiro atoms. The molecule has 1 saturated heterocycles. The van der Waals surface area contributed by atoms with Crippen LogP contribution in [0, 0.1) is 0 Å².